The summed E-state index contributed by atoms with van der Waals surface area (Å²) in [4.78, 5) is 2.25. The molecule has 2 N–H and O–H groups in total. The Kier molecular flexibility index (Phi) is 3.83. The second-order valence-electron chi connectivity index (χ2n) is 3.19. The molecule has 1 saturated heterocycles. The number of hydrogen-bond acceptors (Lipinski definition) is 3. The van der Waals surface area contributed by atoms with Gasteiger partial charge in [-0.25, -0.2) is 0 Å². The Morgan fingerprint density at radius 1 is 1.27 bits per heavy atom. The second kappa shape index (κ2) is 4.70. The summed E-state index contributed by atoms with van der Waals surface area (Å²) in [6, 6.07) is 0. The van der Waals surface area contributed by atoms with Crippen LogP contribution in [0, 0.1) is 5.92 Å². The first-order valence-corrected chi connectivity index (χ1v) is 4.31. The van der Waals surface area contributed by atoms with Gasteiger partial charge in [0.25, 0.3) is 0 Å². The minimum atomic E-state index is 0.256. The maximum Gasteiger partial charge on any atom is 0.0558 e. The summed E-state index contributed by atoms with van der Waals surface area (Å²) in [6.07, 6.45) is 2.10. The smallest absolute Gasteiger partial charge is 0.0558 e. The lowest BCUT2D eigenvalue weighted by molar-refractivity contribution is 0.210. The van der Waals surface area contributed by atoms with Gasteiger partial charge < -0.3 is 15.1 Å². The van der Waals surface area contributed by atoms with E-state index in [1.807, 2.05) is 0 Å². The van der Waals surface area contributed by atoms with Crippen LogP contribution < -0.4 is 0 Å². The van der Waals surface area contributed by atoms with Gasteiger partial charge in [-0.1, -0.05) is 0 Å². The molecule has 0 bridgehead atoms. The van der Waals surface area contributed by atoms with Crippen molar-refractivity contribution in [3.8, 4) is 0 Å². The Balaban J connectivity index is 2.12. The van der Waals surface area contributed by atoms with Gasteiger partial charge in [-0.2, -0.15) is 0 Å². The third kappa shape index (κ3) is 2.77. The topological polar surface area (TPSA) is 43.7 Å². The van der Waals surface area contributed by atoms with Crippen LogP contribution >= 0.6 is 0 Å². The van der Waals surface area contributed by atoms with E-state index < -0.39 is 0 Å². The van der Waals surface area contributed by atoms with Gasteiger partial charge in [-0.15, -0.1) is 0 Å². The van der Waals surface area contributed by atoms with E-state index in [0.29, 0.717) is 12.5 Å². The molecule has 0 aromatic rings. The molecule has 3 heteroatoms. The Morgan fingerprint density at radius 3 is 2.73 bits per heavy atom. The van der Waals surface area contributed by atoms with Crippen molar-refractivity contribution < 1.29 is 10.2 Å². The third-order valence-electron chi connectivity index (χ3n) is 2.32. The van der Waals surface area contributed by atoms with Crippen LogP contribution in [0.15, 0.2) is 0 Å². The molecular weight excluding hydrogens is 142 g/mol. The lowest BCUT2D eigenvalue weighted by Gasteiger charge is -2.13. The summed E-state index contributed by atoms with van der Waals surface area (Å²) in [5, 5.41) is 17.3. The molecule has 1 unspecified atom stereocenters. The molecule has 1 aliphatic rings. The first-order valence-electron chi connectivity index (χ1n) is 4.31. The third-order valence-corrected chi connectivity index (χ3v) is 2.32. The molecule has 0 amide bonds. The number of nitrogens with zero attached hydrogens (tertiary/aromatic N) is 1. The van der Waals surface area contributed by atoms with Gasteiger partial charge in [0.05, 0.1) is 6.61 Å². The predicted molar refractivity (Wildman–Crippen MR) is 43.3 cm³/mol. The number of β-amino-alcohol motifs (C(OH)–C–C–N with tert-alkyl or cyclic N) is 1. The molecule has 0 aromatic carbocycles. The fourth-order valence-corrected chi connectivity index (χ4v) is 1.68. The van der Waals surface area contributed by atoms with E-state index in [4.69, 9.17) is 10.2 Å². The zero-order valence-electron chi connectivity index (χ0n) is 6.87. The maximum absolute atomic E-state index is 8.67. The lowest BCUT2D eigenvalue weighted by atomic mass is 10.1. The molecule has 1 atom stereocenters. The molecule has 1 heterocycles. The van der Waals surface area contributed by atoms with Crippen LogP contribution in [0.1, 0.15) is 12.8 Å². The summed E-state index contributed by atoms with van der Waals surface area (Å²) in [5.41, 5.74) is 0. The molecule has 66 valence electrons. The monoisotopic (exact) mass is 159 g/mol. The maximum atomic E-state index is 8.67. The van der Waals surface area contributed by atoms with Gasteiger partial charge in [-0.3, -0.25) is 0 Å². The van der Waals surface area contributed by atoms with Crippen LogP contribution in [0.5, 0.6) is 0 Å². The van der Waals surface area contributed by atoms with Crippen molar-refractivity contribution in [3.05, 3.63) is 0 Å². The molecule has 3 nitrogen and oxygen atoms in total. The van der Waals surface area contributed by atoms with Crippen LogP contribution in [0.3, 0.4) is 0 Å². The summed E-state index contributed by atoms with van der Waals surface area (Å²) in [7, 11) is 0. The number of rotatable bonds is 4. The molecule has 0 spiro atoms. The number of aliphatic hydroxyl groups is 2. The summed E-state index contributed by atoms with van der Waals surface area (Å²) >= 11 is 0. The van der Waals surface area contributed by atoms with E-state index in [1.54, 1.807) is 0 Å². The first-order chi connectivity index (χ1) is 5.36. The highest BCUT2D eigenvalue weighted by atomic mass is 16.3. The molecular formula is C8H17NO2. The average molecular weight is 159 g/mol. The fourth-order valence-electron chi connectivity index (χ4n) is 1.68. The van der Waals surface area contributed by atoms with Crippen molar-refractivity contribution in [1.82, 2.24) is 4.90 Å². The van der Waals surface area contributed by atoms with E-state index in [9.17, 15) is 0 Å². The minimum absolute atomic E-state index is 0.256. The van der Waals surface area contributed by atoms with Gasteiger partial charge in [0, 0.05) is 19.7 Å². The van der Waals surface area contributed by atoms with E-state index >= 15 is 0 Å². The highest BCUT2D eigenvalue weighted by Gasteiger charge is 2.20. The Hall–Kier alpha value is -0.120. The number of hydrogen-bond donors (Lipinski definition) is 2. The largest absolute Gasteiger partial charge is 0.396 e. The highest BCUT2D eigenvalue weighted by Crippen LogP contribution is 2.18. The van der Waals surface area contributed by atoms with Crippen molar-refractivity contribution >= 4 is 0 Å². The van der Waals surface area contributed by atoms with Crippen LogP contribution in [0.4, 0.5) is 0 Å². The van der Waals surface area contributed by atoms with Crippen molar-refractivity contribution in [3.63, 3.8) is 0 Å². The standard InChI is InChI=1S/C8H17NO2/c10-5-2-8-1-3-9(7-8)4-6-11/h8,10-11H,1-7H2. The average Bonchev–Trinajstić information content (AvgIpc) is 2.38. The first kappa shape index (κ1) is 8.97. The Morgan fingerprint density at radius 2 is 2.09 bits per heavy atom. The number of aliphatic hydroxyl groups excluding tert-OH is 2. The molecule has 0 aromatic heterocycles. The molecule has 1 rings (SSSR count). The quantitative estimate of drug-likeness (QED) is 0.591. The van der Waals surface area contributed by atoms with Gasteiger partial charge >= 0.3 is 0 Å². The van der Waals surface area contributed by atoms with Crippen LogP contribution in [0.2, 0.25) is 0 Å². The molecule has 0 saturated carbocycles. The van der Waals surface area contributed by atoms with Crippen LogP contribution in [-0.4, -0.2) is 48.0 Å². The predicted octanol–water partition coefficient (Wildman–Crippen LogP) is -0.317. The van der Waals surface area contributed by atoms with Crippen molar-refractivity contribution in [2.75, 3.05) is 32.8 Å². The molecule has 1 aliphatic heterocycles. The Labute approximate surface area is 67.6 Å². The highest BCUT2D eigenvalue weighted by molar-refractivity contribution is 4.74. The van der Waals surface area contributed by atoms with Gasteiger partial charge in [0.15, 0.2) is 0 Å². The van der Waals surface area contributed by atoms with Crippen molar-refractivity contribution in [2.45, 2.75) is 12.8 Å². The summed E-state index contributed by atoms with van der Waals surface area (Å²) in [6.45, 7) is 3.50. The molecule has 1 fully saturated rings. The zero-order valence-corrected chi connectivity index (χ0v) is 6.87. The molecule has 0 radical (unpaired) electrons. The Bertz CT molecular complexity index is 96.3. The van der Waals surface area contributed by atoms with Crippen LogP contribution in [-0.2, 0) is 0 Å². The van der Waals surface area contributed by atoms with Crippen molar-refractivity contribution in [1.29, 1.82) is 0 Å². The van der Waals surface area contributed by atoms with Gasteiger partial charge in [-0.05, 0) is 25.3 Å². The SMILES string of the molecule is OCCC1CCN(CCO)C1. The molecule has 11 heavy (non-hydrogen) atoms. The van der Waals surface area contributed by atoms with E-state index in [1.165, 1.54) is 6.42 Å². The zero-order chi connectivity index (χ0) is 8.10. The number of likely N-dealkylation sites (tertiary alicyclic amines) is 1. The minimum Gasteiger partial charge on any atom is -0.396 e. The normalized spacial score (nSPS) is 26.2. The van der Waals surface area contributed by atoms with E-state index in [-0.39, 0.29) is 6.61 Å². The van der Waals surface area contributed by atoms with Gasteiger partial charge in [0.2, 0.25) is 0 Å². The summed E-state index contributed by atoms with van der Waals surface area (Å²) in [5.74, 6) is 0.659. The summed E-state index contributed by atoms with van der Waals surface area (Å²) < 4.78 is 0. The fraction of sp³-hybridized carbons (Fsp3) is 1.00. The van der Waals surface area contributed by atoms with E-state index in [2.05, 4.69) is 4.90 Å². The second-order valence-corrected chi connectivity index (χ2v) is 3.19. The van der Waals surface area contributed by atoms with Gasteiger partial charge in [0.1, 0.15) is 0 Å². The van der Waals surface area contributed by atoms with E-state index in [0.717, 1.165) is 26.1 Å². The van der Waals surface area contributed by atoms with Crippen LogP contribution in [0.25, 0.3) is 0 Å². The van der Waals surface area contributed by atoms with Crippen molar-refractivity contribution in [2.24, 2.45) is 5.92 Å². The lowest BCUT2D eigenvalue weighted by Crippen LogP contribution is -2.24. The molecule has 0 aliphatic carbocycles.